The first kappa shape index (κ1) is 24.2. The molecule has 0 unspecified atom stereocenters. The summed E-state index contributed by atoms with van der Waals surface area (Å²) >= 11 is 11.9. The van der Waals surface area contributed by atoms with E-state index >= 15 is 0 Å². The summed E-state index contributed by atoms with van der Waals surface area (Å²) in [6.45, 7) is 0.802. The summed E-state index contributed by atoms with van der Waals surface area (Å²) in [6, 6.07) is 9.66. The molecular formula is C20H22Cl2N2O5S. The van der Waals surface area contributed by atoms with Crippen molar-refractivity contribution < 1.29 is 22.7 Å². The first-order chi connectivity index (χ1) is 14.2. The molecular weight excluding hydrogens is 451 g/mol. The smallest absolute Gasteiger partial charge is 0.244 e. The highest BCUT2D eigenvalue weighted by atomic mass is 35.5. The highest BCUT2D eigenvalue weighted by Crippen LogP contribution is 2.24. The molecule has 0 atom stereocenters. The van der Waals surface area contributed by atoms with Gasteiger partial charge in [-0.1, -0.05) is 35.3 Å². The minimum Gasteiger partial charge on any atom is -0.490 e. The van der Waals surface area contributed by atoms with E-state index in [1.54, 1.807) is 30.3 Å². The number of nitrogens with two attached hydrogens (primary N) is 1. The lowest BCUT2D eigenvalue weighted by atomic mass is 10.1. The molecule has 0 aliphatic rings. The SMILES string of the molecule is COCCOc1ccc(CCNC(=O)C=Cc2ccc(Cl)cc2Cl)cc1S(N)(=O)=O. The van der Waals surface area contributed by atoms with Crippen LogP contribution in [0.1, 0.15) is 11.1 Å². The van der Waals surface area contributed by atoms with Crippen LogP contribution in [0.3, 0.4) is 0 Å². The molecule has 0 radical (unpaired) electrons. The normalized spacial score (nSPS) is 11.6. The van der Waals surface area contributed by atoms with Crippen LogP contribution in [0.25, 0.3) is 6.08 Å². The van der Waals surface area contributed by atoms with E-state index in [1.807, 2.05) is 0 Å². The molecule has 0 fully saturated rings. The van der Waals surface area contributed by atoms with Crippen molar-refractivity contribution in [2.75, 3.05) is 26.9 Å². The number of halogens is 2. The molecule has 0 aliphatic heterocycles. The van der Waals surface area contributed by atoms with Gasteiger partial charge in [0.05, 0.1) is 6.61 Å². The van der Waals surface area contributed by atoms with Crippen LogP contribution >= 0.6 is 23.2 Å². The maximum Gasteiger partial charge on any atom is 0.244 e. The Labute approximate surface area is 185 Å². The third-order valence-electron chi connectivity index (χ3n) is 3.95. The molecule has 1 amide bonds. The first-order valence-corrected chi connectivity index (χ1v) is 11.2. The molecule has 0 spiro atoms. The molecule has 0 bridgehead atoms. The number of hydrogen-bond acceptors (Lipinski definition) is 5. The second-order valence-electron chi connectivity index (χ2n) is 6.21. The Morgan fingerprint density at radius 3 is 2.60 bits per heavy atom. The summed E-state index contributed by atoms with van der Waals surface area (Å²) in [7, 11) is -2.45. The number of carbonyl (C=O) groups is 1. The maximum atomic E-state index is 12.0. The number of benzene rings is 2. The lowest BCUT2D eigenvalue weighted by Gasteiger charge is -2.12. The zero-order chi connectivity index (χ0) is 22.1. The second kappa shape index (κ2) is 11.3. The van der Waals surface area contributed by atoms with E-state index in [0.29, 0.717) is 40.7 Å². The molecule has 30 heavy (non-hydrogen) atoms. The van der Waals surface area contributed by atoms with Crippen molar-refractivity contribution in [2.24, 2.45) is 5.14 Å². The third-order valence-corrected chi connectivity index (χ3v) is 5.44. The first-order valence-electron chi connectivity index (χ1n) is 8.89. The summed E-state index contributed by atoms with van der Waals surface area (Å²) in [5, 5.41) is 8.96. The Kier molecular flexibility index (Phi) is 9.13. The highest BCUT2D eigenvalue weighted by Gasteiger charge is 2.16. The standard InChI is InChI=1S/C20H22Cl2N2O5S/c1-28-10-11-29-18-6-2-14(12-19(18)30(23,26)27)8-9-24-20(25)7-4-15-3-5-16(21)13-17(15)22/h2-7,12-13H,8-11H2,1H3,(H,24,25)(H2,23,26,27). The van der Waals surface area contributed by atoms with Gasteiger partial charge in [0.1, 0.15) is 17.3 Å². The van der Waals surface area contributed by atoms with Gasteiger partial charge in [0.2, 0.25) is 15.9 Å². The van der Waals surface area contributed by atoms with Crippen molar-refractivity contribution in [3.8, 4) is 5.75 Å². The van der Waals surface area contributed by atoms with Gasteiger partial charge >= 0.3 is 0 Å². The van der Waals surface area contributed by atoms with Crippen molar-refractivity contribution in [1.29, 1.82) is 0 Å². The molecule has 0 aliphatic carbocycles. The Morgan fingerprint density at radius 1 is 1.17 bits per heavy atom. The van der Waals surface area contributed by atoms with Gasteiger partial charge in [-0.05, 0) is 47.9 Å². The molecule has 0 saturated carbocycles. The van der Waals surface area contributed by atoms with Crippen LogP contribution in [0.5, 0.6) is 5.75 Å². The van der Waals surface area contributed by atoms with Gasteiger partial charge in [-0.3, -0.25) is 4.79 Å². The average Bonchev–Trinajstić information content (AvgIpc) is 2.67. The van der Waals surface area contributed by atoms with Gasteiger partial charge < -0.3 is 14.8 Å². The van der Waals surface area contributed by atoms with Crippen molar-refractivity contribution >= 4 is 45.2 Å². The fourth-order valence-electron chi connectivity index (χ4n) is 2.48. The minimum absolute atomic E-state index is 0.111. The molecule has 10 heteroatoms. The molecule has 2 aromatic rings. The number of hydrogen-bond donors (Lipinski definition) is 2. The fraction of sp³-hybridized carbons (Fsp3) is 0.250. The Hall–Kier alpha value is -2.10. The summed E-state index contributed by atoms with van der Waals surface area (Å²) in [5.41, 5.74) is 1.35. The van der Waals surface area contributed by atoms with Gasteiger partial charge in [-0.15, -0.1) is 0 Å². The molecule has 0 saturated heterocycles. The number of carbonyl (C=O) groups excluding carboxylic acids is 1. The summed E-state index contributed by atoms with van der Waals surface area (Å²) in [6.07, 6.45) is 3.35. The highest BCUT2D eigenvalue weighted by molar-refractivity contribution is 7.89. The molecule has 2 aromatic carbocycles. The van der Waals surface area contributed by atoms with Gasteiger partial charge in [0.25, 0.3) is 0 Å². The maximum absolute atomic E-state index is 12.0. The molecule has 0 heterocycles. The van der Waals surface area contributed by atoms with E-state index in [0.717, 1.165) is 0 Å². The van der Waals surface area contributed by atoms with Gasteiger partial charge in [-0.2, -0.15) is 0 Å². The second-order valence-corrected chi connectivity index (χ2v) is 8.58. The summed E-state index contributed by atoms with van der Waals surface area (Å²) in [5.74, 6) is -0.155. The van der Waals surface area contributed by atoms with Crippen LogP contribution in [0.2, 0.25) is 10.0 Å². The zero-order valence-electron chi connectivity index (χ0n) is 16.2. The molecule has 0 aromatic heterocycles. The molecule has 2 rings (SSSR count). The van der Waals surface area contributed by atoms with Crippen LogP contribution in [-0.4, -0.2) is 41.2 Å². The lowest BCUT2D eigenvalue weighted by Crippen LogP contribution is -2.23. The number of rotatable bonds is 10. The largest absolute Gasteiger partial charge is 0.490 e. The van der Waals surface area contributed by atoms with Crippen LogP contribution in [0.4, 0.5) is 0 Å². The predicted octanol–water partition coefficient (Wildman–Crippen LogP) is 3.04. The van der Waals surface area contributed by atoms with E-state index in [-0.39, 0.29) is 23.2 Å². The third kappa shape index (κ3) is 7.62. The number of sulfonamides is 1. The molecule has 162 valence electrons. The van der Waals surface area contributed by atoms with Crippen LogP contribution in [-0.2, 0) is 26.0 Å². The number of ether oxygens (including phenoxy) is 2. The number of primary sulfonamides is 1. The summed E-state index contributed by atoms with van der Waals surface area (Å²) < 4.78 is 34.0. The van der Waals surface area contributed by atoms with E-state index in [9.17, 15) is 13.2 Å². The van der Waals surface area contributed by atoms with Gasteiger partial charge in [-0.25, -0.2) is 13.6 Å². The zero-order valence-corrected chi connectivity index (χ0v) is 18.6. The van der Waals surface area contributed by atoms with E-state index in [1.165, 1.54) is 25.3 Å². The van der Waals surface area contributed by atoms with E-state index in [2.05, 4.69) is 5.32 Å². The Bertz CT molecular complexity index is 1030. The number of nitrogens with one attached hydrogen (secondary N) is 1. The Morgan fingerprint density at radius 2 is 1.93 bits per heavy atom. The monoisotopic (exact) mass is 472 g/mol. The lowest BCUT2D eigenvalue weighted by molar-refractivity contribution is -0.116. The van der Waals surface area contributed by atoms with Crippen LogP contribution < -0.4 is 15.2 Å². The van der Waals surface area contributed by atoms with Crippen molar-refractivity contribution in [1.82, 2.24) is 5.32 Å². The predicted molar refractivity (Wildman–Crippen MR) is 117 cm³/mol. The molecule has 7 nitrogen and oxygen atoms in total. The van der Waals surface area contributed by atoms with Gasteiger partial charge in [0.15, 0.2) is 0 Å². The number of amides is 1. The van der Waals surface area contributed by atoms with E-state index in [4.69, 9.17) is 37.8 Å². The average molecular weight is 473 g/mol. The van der Waals surface area contributed by atoms with Crippen LogP contribution in [0.15, 0.2) is 47.4 Å². The topological polar surface area (TPSA) is 108 Å². The van der Waals surface area contributed by atoms with Crippen molar-refractivity contribution in [2.45, 2.75) is 11.3 Å². The van der Waals surface area contributed by atoms with Crippen molar-refractivity contribution in [3.63, 3.8) is 0 Å². The molecule has 3 N–H and O–H groups in total. The van der Waals surface area contributed by atoms with Crippen LogP contribution in [0, 0.1) is 0 Å². The fourth-order valence-corrected chi connectivity index (χ4v) is 3.67. The van der Waals surface area contributed by atoms with E-state index < -0.39 is 10.0 Å². The quantitative estimate of drug-likeness (QED) is 0.408. The van der Waals surface area contributed by atoms with Gasteiger partial charge in [0, 0.05) is 29.8 Å². The number of methoxy groups -OCH3 is 1. The minimum atomic E-state index is -3.97. The van der Waals surface area contributed by atoms with Crippen molar-refractivity contribution in [3.05, 3.63) is 63.6 Å². The summed E-state index contributed by atoms with van der Waals surface area (Å²) in [4.78, 5) is 11.9. The Balaban J connectivity index is 1.96.